The third-order valence-corrected chi connectivity index (χ3v) is 2.08. The van der Waals surface area contributed by atoms with E-state index in [2.05, 4.69) is 15.3 Å². The molecule has 0 radical (unpaired) electrons. The molecule has 2 aromatic rings. The van der Waals surface area contributed by atoms with E-state index in [1.54, 1.807) is 12.3 Å². The smallest absolute Gasteiger partial charge is 0.141 e. The zero-order chi connectivity index (χ0) is 10.7. The van der Waals surface area contributed by atoms with Gasteiger partial charge in [-0.1, -0.05) is 0 Å². The van der Waals surface area contributed by atoms with Crippen LogP contribution in [0.2, 0.25) is 0 Å². The van der Waals surface area contributed by atoms with Gasteiger partial charge in [0.25, 0.3) is 0 Å². The van der Waals surface area contributed by atoms with Gasteiger partial charge in [-0.2, -0.15) is 0 Å². The van der Waals surface area contributed by atoms with Gasteiger partial charge in [-0.3, -0.25) is 0 Å². The normalized spacial score (nSPS) is 10.3. The lowest BCUT2D eigenvalue weighted by Gasteiger charge is -2.04. The maximum Gasteiger partial charge on any atom is 0.141 e. The van der Waals surface area contributed by atoms with Crippen LogP contribution >= 0.6 is 0 Å². The summed E-state index contributed by atoms with van der Waals surface area (Å²) in [6.45, 7) is 0.572. The summed E-state index contributed by atoms with van der Waals surface area (Å²) < 4.78 is 14.5. The standard InChI is InChI=1S/C10H11FN4/c1-15-5-4-12-10(15)7-14-9-3-2-8(11)6-13-9/h2-6H,7H2,1H3,(H,13,14). The van der Waals surface area contributed by atoms with Crippen molar-refractivity contribution >= 4 is 5.82 Å². The monoisotopic (exact) mass is 206 g/mol. The van der Waals surface area contributed by atoms with Crippen molar-refractivity contribution in [2.75, 3.05) is 5.32 Å². The number of hydrogen-bond acceptors (Lipinski definition) is 3. The number of hydrogen-bond donors (Lipinski definition) is 1. The summed E-state index contributed by atoms with van der Waals surface area (Å²) in [5.41, 5.74) is 0. The molecule has 0 amide bonds. The third-order valence-electron chi connectivity index (χ3n) is 2.08. The van der Waals surface area contributed by atoms with Crippen LogP contribution in [0.4, 0.5) is 10.2 Å². The molecule has 2 heterocycles. The van der Waals surface area contributed by atoms with Crippen molar-refractivity contribution in [2.24, 2.45) is 7.05 Å². The van der Waals surface area contributed by atoms with Crippen LogP contribution in [0.25, 0.3) is 0 Å². The van der Waals surface area contributed by atoms with Crippen molar-refractivity contribution in [3.8, 4) is 0 Å². The summed E-state index contributed by atoms with van der Waals surface area (Å²) in [7, 11) is 1.92. The Bertz CT molecular complexity index is 435. The van der Waals surface area contributed by atoms with E-state index in [0.29, 0.717) is 12.4 Å². The van der Waals surface area contributed by atoms with Crippen molar-refractivity contribution in [1.29, 1.82) is 0 Å². The van der Waals surface area contributed by atoms with Gasteiger partial charge < -0.3 is 9.88 Å². The van der Waals surface area contributed by atoms with E-state index in [9.17, 15) is 4.39 Å². The van der Waals surface area contributed by atoms with Gasteiger partial charge in [-0.15, -0.1) is 0 Å². The molecule has 0 spiro atoms. The number of aromatic nitrogens is 3. The Morgan fingerprint density at radius 3 is 2.87 bits per heavy atom. The maximum atomic E-state index is 12.6. The molecule has 0 aliphatic carbocycles. The topological polar surface area (TPSA) is 42.7 Å². The van der Waals surface area contributed by atoms with E-state index in [1.807, 2.05) is 17.8 Å². The minimum Gasteiger partial charge on any atom is -0.363 e. The lowest BCUT2D eigenvalue weighted by atomic mass is 10.4. The first-order valence-electron chi connectivity index (χ1n) is 4.57. The fourth-order valence-corrected chi connectivity index (χ4v) is 1.22. The van der Waals surface area contributed by atoms with Crippen LogP contribution in [0.5, 0.6) is 0 Å². The van der Waals surface area contributed by atoms with Gasteiger partial charge in [0.15, 0.2) is 0 Å². The molecule has 1 N–H and O–H groups in total. The maximum absolute atomic E-state index is 12.6. The van der Waals surface area contributed by atoms with E-state index >= 15 is 0 Å². The van der Waals surface area contributed by atoms with Gasteiger partial charge in [0.1, 0.15) is 17.5 Å². The van der Waals surface area contributed by atoms with Crippen LogP contribution in [0.15, 0.2) is 30.7 Å². The third kappa shape index (κ3) is 2.31. The molecule has 5 heteroatoms. The number of nitrogens with zero attached hydrogens (tertiary/aromatic N) is 3. The number of halogens is 1. The first-order valence-corrected chi connectivity index (χ1v) is 4.57. The molecule has 2 rings (SSSR count). The Morgan fingerprint density at radius 2 is 2.27 bits per heavy atom. The molecule has 0 atom stereocenters. The molecule has 0 bridgehead atoms. The van der Waals surface area contributed by atoms with Crippen molar-refractivity contribution in [2.45, 2.75) is 6.54 Å². The predicted molar refractivity (Wildman–Crippen MR) is 54.7 cm³/mol. The Hall–Kier alpha value is -1.91. The summed E-state index contributed by atoms with van der Waals surface area (Å²) in [6.07, 6.45) is 4.78. The molecule has 4 nitrogen and oxygen atoms in total. The number of anilines is 1. The van der Waals surface area contributed by atoms with Crippen molar-refractivity contribution in [3.63, 3.8) is 0 Å². The molecule has 0 aliphatic rings. The molecule has 0 aliphatic heterocycles. The van der Waals surface area contributed by atoms with E-state index < -0.39 is 0 Å². The molecule has 0 aromatic carbocycles. The number of nitrogens with one attached hydrogen (secondary N) is 1. The highest BCUT2D eigenvalue weighted by molar-refractivity contribution is 5.33. The first kappa shape index (κ1) is 9.64. The molecule has 0 saturated heterocycles. The molecular weight excluding hydrogens is 195 g/mol. The SMILES string of the molecule is Cn1ccnc1CNc1ccc(F)cn1. The van der Waals surface area contributed by atoms with Gasteiger partial charge in [0.05, 0.1) is 12.7 Å². The fourth-order valence-electron chi connectivity index (χ4n) is 1.22. The highest BCUT2D eigenvalue weighted by atomic mass is 19.1. The number of rotatable bonds is 3. The molecule has 78 valence electrons. The second-order valence-electron chi connectivity index (χ2n) is 3.17. The van der Waals surface area contributed by atoms with E-state index in [0.717, 1.165) is 5.82 Å². The summed E-state index contributed by atoms with van der Waals surface area (Å²) in [5.74, 6) is 1.21. The largest absolute Gasteiger partial charge is 0.363 e. The average Bonchev–Trinajstić information content (AvgIpc) is 2.63. The zero-order valence-corrected chi connectivity index (χ0v) is 8.31. The van der Waals surface area contributed by atoms with Crippen molar-refractivity contribution < 1.29 is 4.39 Å². The lowest BCUT2D eigenvalue weighted by Crippen LogP contribution is -2.06. The van der Waals surface area contributed by atoms with Crippen LogP contribution in [0.1, 0.15) is 5.82 Å². The predicted octanol–water partition coefficient (Wildman–Crippen LogP) is 1.57. The molecule has 2 aromatic heterocycles. The Balaban J connectivity index is 1.99. The second kappa shape index (κ2) is 4.08. The Labute approximate surface area is 86.8 Å². The van der Waals surface area contributed by atoms with Gasteiger partial charge in [-0.25, -0.2) is 14.4 Å². The van der Waals surface area contributed by atoms with Gasteiger partial charge in [0.2, 0.25) is 0 Å². The summed E-state index contributed by atoms with van der Waals surface area (Å²) in [4.78, 5) is 8.03. The highest BCUT2D eigenvalue weighted by Crippen LogP contribution is 2.05. The van der Waals surface area contributed by atoms with E-state index in [-0.39, 0.29) is 5.82 Å². The van der Waals surface area contributed by atoms with Crippen LogP contribution in [0.3, 0.4) is 0 Å². The van der Waals surface area contributed by atoms with E-state index in [1.165, 1.54) is 12.3 Å². The Morgan fingerprint density at radius 1 is 1.40 bits per heavy atom. The molecule has 0 saturated carbocycles. The van der Waals surface area contributed by atoms with Crippen molar-refractivity contribution in [1.82, 2.24) is 14.5 Å². The molecular formula is C10H11FN4. The molecule has 0 unspecified atom stereocenters. The highest BCUT2D eigenvalue weighted by Gasteiger charge is 1.99. The molecule has 0 fully saturated rings. The lowest BCUT2D eigenvalue weighted by molar-refractivity contribution is 0.621. The second-order valence-corrected chi connectivity index (χ2v) is 3.17. The fraction of sp³-hybridized carbons (Fsp3) is 0.200. The zero-order valence-electron chi connectivity index (χ0n) is 8.31. The van der Waals surface area contributed by atoms with Gasteiger partial charge in [-0.05, 0) is 12.1 Å². The van der Waals surface area contributed by atoms with E-state index in [4.69, 9.17) is 0 Å². The summed E-state index contributed by atoms with van der Waals surface area (Å²) >= 11 is 0. The number of aryl methyl sites for hydroxylation is 1. The number of imidazole rings is 1. The quantitative estimate of drug-likeness (QED) is 0.828. The van der Waals surface area contributed by atoms with Crippen LogP contribution in [-0.2, 0) is 13.6 Å². The minimum atomic E-state index is -0.336. The first-order chi connectivity index (χ1) is 7.25. The summed E-state index contributed by atoms with van der Waals surface area (Å²) in [6, 6.07) is 2.96. The van der Waals surface area contributed by atoms with Crippen LogP contribution in [-0.4, -0.2) is 14.5 Å². The summed E-state index contributed by atoms with van der Waals surface area (Å²) in [5, 5.41) is 3.05. The Kier molecular flexibility index (Phi) is 2.62. The number of pyridine rings is 1. The minimum absolute atomic E-state index is 0.336. The van der Waals surface area contributed by atoms with Crippen LogP contribution in [0, 0.1) is 5.82 Å². The average molecular weight is 206 g/mol. The van der Waals surface area contributed by atoms with Gasteiger partial charge >= 0.3 is 0 Å². The van der Waals surface area contributed by atoms with Gasteiger partial charge in [0, 0.05) is 19.4 Å². The van der Waals surface area contributed by atoms with Crippen molar-refractivity contribution in [3.05, 3.63) is 42.4 Å². The molecule has 15 heavy (non-hydrogen) atoms. The van der Waals surface area contributed by atoms with Crippen LogP contribution < -0.4 is 5.32 Å².